The van der Waals surface area contributed by atoms with Crippen LogP contribution in [0.1, 0.15) is 6.42 Å². The van der Waals surface area contributed by atoms with Crippen molar-refractivity contribution in [1.29, 1.82) is 0 Å². The third-order valence-corrected chi connectivity index (χ3v) is 4.54. The zero-order chi connectivity index (χ0) is 13.5. The summed E-state index contributed by atoms with van der Waals surface area (Å²) in [7, 11) is 0. The predicted molar refractivity (Wildman–Crippen MR) is 78.7 cm³/mol. The topological polar surface area (TPSA) is 42.0 Å². The Balaban J connectivity index is 1.71. The second-order valence-corrected chi connectivity index (χ2v) is 6.81. The van der Waals surface area contributed by atoms with Crippen molar-refractivity contribution in [3.63, 3.8) is 0 Å². The summed E-state index contributed by atoms with van der Waals surface area (Å²) < 4.78 is -0.899. The largest absolute Gasteiger partial charge is 0.302 e. The maximum atomic E-state index is 11.8. The highest BCUT2D eigenvalue weighted by Crippen LogP contribution is 2.53. The number of hydrogen-bond acceptors (Lipinski definition) is 3. The van der Waals surface area contributed by atoms with E-state index in [0.29, 0.717) is 11.6 Å². The van der Waals surface area contributed by atoms with Crippen LogP contribution in [0.25, 0.3) is 11.3 Å². The molecule has 0 aliphatic heterocycles. The summed E-state index contributed by atoms with van der Waals surface area (Å²) in [4.78, 5) is 16.2. The molecule has 1 aliphatic rings. The Morgan fingerprint density at radius 3 is 2.68 bits per heavy atom. The minimum Gasteiger partial charge on any atom is -0.302 e. The minimum atomic E-state index is -0.899. The van der Waals surface area contributed by atoms with E-state index in [1.807, 2.05) is 35.7 Å². The van der Waals surface area contributed by atoms with E-state index in [1.165, 1.54) is 11.3 Å². The molecule has 3 rings (SSSR count). The van der Waals surface area contributed by atoms with Gasteiger partial charge in [-0.25, -0.2) is 4.98 Å². The van der Waals surface area contributed by atoms with Crippen LogP contribution < -0.4 is 5.32 Å². The van der Waals surface area contributed by atoms with E-state index >= 15 is 0 Å². The fourth-order valence-electron chi connectivity index (χ4n) is 1.76. The van der Waals surface area contributed by atoms with Crippen molar-refractivity contribution in [2.24, 2.45) is 5.92 Å². The van der Waals surface area contributed by atoms with Crippen LogP contribution in [0, 0.1) is 5.92 Å². The summed E-state index contributed by atoms with van der Waals surface area (Å²) in [6.07, 6.45) is 0.499. The average Bonchev–Trinajstić information content (AvgIpc) is 2.84. The third kappa shape index (κ3) is 2.76. The number of carbonyl (C=O) groups excluding carboxylic acids is 1. The van der Waals surface area contributed by atoms with Crippen LogP contribution in [0.5, 0.6) is 0 Å². The van der Waals surface area contributed by atoms with Crippen molar-refractivity contribution in [3.8, 4) is 11.3 Å². The number of halogens is 2. The number of thiazole rings is 1. The Kier molecular flexibility index (Phi) is 3.25. The average molecular weight is 313 g/mol. The van der Waals surface area contributed by atoms with Crippen LogP contribution in [-0.4, -0.2) is 15.2 Å². The smallest absolute Gasteiger partial charge is 0.232 e. The molecule has 2 aromatic rings. The second-order valence-electron chi connectivity index (χ2n) is 4.41. The van der Waals surface area contributed by atoms with E-state index in [4.69, 9.17) is 23.2 Å². The summed E-state index contributed by atoms with van der Waals surface area (Å²) >= 11 is 13.1. The molecule has 1 unspecified atom stereocenters. The van der Waals surface area contributed by atoms with Crippen molar-refractivity contribution in [3.05, 3.63) is 35.7 Å². The number of anilines is 1. The van der Waals surface area contributed by atoms with Gasteiger partial charge in [-0.05, 0) is 6.42 Å². The third-order valence-electron chi connectivity index (χ3n) is 2.95. The first-order chi connectivity index (χ1) is 9.06. The molecule has 1 aromatic heterocycles. The van der Waals surface area contributed by atoms with E-state index in [-0.39, 0.29) is 11.8 Å². The number of carbonyl (C=O) groups is 1. The molecule has 0 spiro atoms. The predicted octanol–water partition coefficient (Wildman–Crippen LogP) is 3.94. The van der Waals surface area contributed by atoms with Gasteiger partial charge in [-0.15, -0.1) is 34.5 Å². The number of benzene rings is 1. The van der Waals surface area contributed by atoms with E-state index in [1.54, 1.807) is 0 Å². The normalized spacial score (nSPS) is 20.0. The molecule has 98 valence electrons. The number of nitrogens with zero attached hydrogens (tertiary/aromatic N) is 1. The molecule has 1 fully saturated rings. The van der Waals surface area contributed by atoms with Crippen molar-refractivity contribution in [2.45, 2.75) is 10.8 Å². The summed E-state index contributed by atoms with van der Waals surface area (Å²) in [6.45, 7) is 0. The maximum Gasteiger partial charge on any atom is 0.232 e. The molecule has 1 heterocycles. The van der Waals surface area contributed by atoms with Gasteiger partial charge in [-0.2, -0.15) is 0 Å². The lowest BCUT2D eigenvalue weighted by Gasteiger charge is -2.00. The molecule has 1 saturated carbocycles. The van der Waals surface area contributed by atoms with Crippen LogP contribution in [0.3, 0.4) is 0 Å². The number of hydrogen-bond donors (Lipinski definition) is 1. The summed E-state index contributed by atoms with van der Waals surface area (Å²) in [5, 5.41) is 5.23. The number of aromatic nitrogens is 1. The fraction of sp³-hybridized carbons (Fsp3) is 0.231. The minimum absolute atomic E-state index is 0.168. The van der Waals surface area contributed by atoms with Gasteiger partial charge < -0.3 is 5.32 Å². The molecule has 1 atom stereocenters. The van der Waals surface area contributed by atoms with Gasteiger partial charge in [0.25, 0.3) is 0 Å². The molecule has 19 heavy (non-hydrogen) atoms. The first-order valence-corrected chi connectivity index (χ1v) is 7.39. The molecule has 1 aliphatic carbocycles. The van der Waals surface area contributed by atoms with E-state index in [0.717, 1.165) is 11.3 Å². The van der Waals surface area contributed by atoms with Gasteiger partial charge in [0, 0.05) is 10.9 Å². The second kappa shape index (κ2) is 4.78. The van der Waals surface area contributed by atoms with Gasteiger partial charge in [0.2, 0.25) is 5.91 Å². The van der Waals surface area contributed by atoms with Crippen molar-refractivity contribution in [2.75, 3.05) is 5.32 Å². The van der Waals surface area contributed by atoms with Gasteiger partial charge in [-0.3, -0.25) is 4.79 Å². The zero-order valence-electron chi connectivity index (χ0n) is 9.77. The first-order valence-electron chi connectivity index (χ1n) is 5.76. The monoisotopic (exact) mass is 312 g/mol. The molecule has 0 radical (unpaired) electrons. The van der Waals surface area contributed by atoms with Gasteiger partial charge in [0.15, 0.2) is 5.13 Å². The number of amides is 1. The summed E-state index contributed by atoms with van der Waals surface area (Å²) in [5.74, 6) is -0.501. The molecule has 1 N–H and O–H groups in total. The lowest BCUT2D eigenvalue weighted by Crippen LogP contribution is -2.16. The van der Waals surface area contributed by atoms with Gasteiger partial charge in [0.05, 0.1) is 11.6 Å². The highest BCUT2D eigenvalue weighted by atomic mass is 35.5. The Bertz CT molecular complexity index is 612. The van der Waals surface area contributed by atoms with Gasteiger partial charge in [-0.1, -0.05) is 30.3 Å². The molecule has 6 heteroatoms. The Labute approximate surface area is 124 Å². The Hall–Kier alpha value is -1.10. The van der Waals surface area contributed by atoms with Gasteiger partial charge >= 0.3 is 0 Å². The standard InChI is InChI=1S/C13H10Cl2N2OS/c14-13(15)6-9(13)11(18)17-12-16-10(7-19-12)8-4-2-1-3-5-8/h1-5,7,9H,6H2,(H,16,17,18). The number of alkyl halides is 2. The number of rotatable bonds is 3. The maximum absolute atomic E-state index is 11.8. The molecule has 0 bridgehead atoms. The van der Waals surface area contributed by atoms with Crippen LogP contribution >= 0.6 is 34.5 Å². The van der Waals surface area contributed by atoms with Crippen LogP contribution in [0.4, 0.5) is 5.13 Å². The van der Waals surface area contributed by atoms with Gasteiger partial charge in [0.1, 0.15) is 4.33 Å². The van der Waals surface area contributed by atoms with E-state index in [9.17, 15) is 4.79 Å². The van der Waals surface area contributed by atoms with Crippen molar-refractivity contribution in [1.82, 2.24) is 4.98 Å². The van der Waals surface area contributed by atoms with E-state index in [2.05, 4.69) is 10.3 Å². The van der Waals surface area contributed by atoms with Crippen LogP contribution in [-0.2, 0) is 4.79 Å². The van der Waals surface area contributed by atoms with Crippen molar-refractivity contribution < 1.29 is 4.79 Å². The highest BCUT2D eigenvalue weighted by molar-refractivity contribution is 7.14. The molecular weight excluding hydrogens is 303 g/mol. The molecule has 1 aromatic carbocycles. The Morgan fingerprint density at radius 2 is 2.05 bits per heavy atom. The summed E-state index contributed by atoms with van der Waals surface area (Å²) in [6, 6.07) is 9.80. The fourth-order valence-corrected chi connectivity index (χ4v) is 2.99. The SMILES string of the molecule is O=C(Nc1nc(-c2ccccc2)cs1)C1CC1(Cl)Cl. The molecule has 3 nitrogen and oxygen atoms in total. The quantitative estimate of drug-likeness (QED) is 0.872. The molecular formula is C13H10Cl2N2OS. The lowest BCUT2D eigenvalue weighted by molar-refractivity contribution is -0.117. The Morgan fingerprint density at radius 1 is 1.37 bits per heavy atom. The highest BCUT2D eigenvalue weighted by Gasteiger charge is 2.56. The lowest BCUT2D eigenvalue weighted by atomic mass is 10.2. The van der Waals surface area contributed by atoms with E-state index < -0.39 is 4.33 Å². The van der Waals surface area contributed by atoms with Crippen molar-refractivity contribution >= 4 is 45.6 Å². The zero-order valence-corrected chi connectivity index (χ0v) is 12.1. The van der Waals surface area contributed by atoms with Crippen LogP contribution in [0.2, 0.25) is 0 Å². The molecule has 0 saturated heterocycles. The number of nitrogens with one attached hydrogen (secondary N) is 1. The van der Waals surface area contributed by atoms with Crippen LogP contribution in [0.15, 0.2) is 35.7 Å². The molecule has 1 amide bonds. The first kappa shape index (κ1) is 12.9. The summed E-state index contributed by atoms with van der Waals surface area (Å²) in [5.41, 5.74) is 1.87.